The van der Waals surface area contributed by atoms with Crippen LogP contribution in [0.5, 0.6) is 0 Å². The zero-order valence-corrected chi connectivity index (χ0v) is 10.6. The fourth-order valence-corrected chi connectivity index (χ4v) is 2.41. The van der Waals surface area contributed by atoms with Gasteiger partial charge in [0.05, 0.1) is 5.69 Å². The van der Waals surface area contributed by atoms with E-state index in [0.29, 0.717) is 24.3 Å². The largest absolute Gasteiger partial charge is 0.307 e. The first kappa shape index (κ1) is 12.2. The lowest BCUT2D eigenvalue weighted by Gasteiger charge is -2.18. The molecule has 0 bridgehead atoms. The molecule has 0 radical (unpaired) electrons. The van der Waals surface area contributed by atoms with Crippen LogP contribution in [-0.4, -0.2) is 22.4 Å². The summed E-state index contributed by atoms with van der Waals surface area (Å²) in [5.41, 5.74) is 1.07. The molecule has 88 valence electrons. The van der Waals surface area contributed by atoms with Crippen molar-refractivity contribution in [3.05, 3.63) is 16.1 Å². The Morgan fingerprint density at radius 2 is 2.18 bits per heavy atom. The maximum absolute atomic E-state index is 11.8. The number of rotatable bonds is 1. The Kier molecular flexibility index (Phi) is 3.23. The Morgan fingerprint density at radius 1 is 1.47 bits per heavy atom. The lowest BCUT2D eigenvalue weighted by molar-refractivity contribution is -0.117. The molecule has 0 aromatic carbocycles. The quantitative estimate of drug-likeness (QED) is 0.446. The number of carbonyl (C=O) groups is 1. The highest BCUT2D eigenvalue weighted by Gasteiger charge is 2.32. The molecule has 0 saturated carbocycles. The zero-order chi connectivity index (χ0) is 12.6. The highest BCUT2D eigenvalue weighted by atomic mass is 35.5. The summed E-state index contributed by atoms with van der Waals surface area (Å²) >= 11 is 11.7. The summed E-state index contributed by atoms with van der Waals surface area (Å²) in [4.78, 5) is 21.2. The van der Waals surface area contributed by atoms with E-state index in [0.717, 1.165) is 0 Å². The van der Waals surface area contributed by atoms with Gasteiger partial charge in [-0.25, -0.2) is 9.97 Å². The van der Waals surface area contributed by atoms with Gasteiger partial charge in [-0.05, 0) is 18.5 Å². The van der Waals surface area contributed by atoms with Crippen LogP contribution >= 0.6 is 23.2 Å². The van der Waals surface area contributed by atoms with Gasteiger partial charge in [0.15, 0.2) is 5.15 Å². The van der Waals surface area contributed by atoms with Crippen LogP contribution in [0.25, 0.3) is 0 Å². The van der Waals surface area contributed by atoms with Crippen molar-refractivity contribution >= 4 is 34.8 Å². The van der Waals surface area contributed by atoms with Gasteiger partial charge < -0.3 is 4.90 Å². The molecule has 1 aromatic heterocycles. The Bertz CT molecular complexity index is 501. The average molecular weight is 270 g/mol. The second-order valence-corrected chi connectivity index (χ2v) is 4.49. The predicted octanol–water partition coefficient (Wildman–Crippen LogP) is 2.08. The first-order valence-electron chi connectivity index (χ1n) is 4.99. The number of anilines is 1. The van der Waals surface area contributed by atoms with Gasteiger partial charge in [0.25, 0.3) is 0 Å². The molecule has 1 aromatic rings. The first-order chi connectivity index (χ1) is 8.02. The van der Waals surface area contributed by atoms with E-state index in [4.69, 9.17) is 29.6 Å². The first-order valence-corrected chi connectivity index (χ1v) is 5.74. The third-order valence-corrected chi connectivity index (χ3v) is 3.05. The van der Waals surface area contributed by atoms with E-state index in [2.05, 4.69) is 15.9 Å². The number of terminal acetylenes is 1. The van der Waals surface area contributed by atoms with Crippen molar-refractivity contribution < 1.29 is 4.79 Å². The second-order valence-electron chi connectivity index (χ2n) is 3.79. The van der Waals surface area contributed by atoms with Gasteiger partial charge in [0.1, 0.15) is 5.69 Å². The van der Waals surface area contributed by atoms with Crippen molar-refractivity contribution in [1.82, 2.24) is 9.97 Å². The highest BCUT2D eigenvalue weighted by molar-refractivity contribution is 6.34. The van der Waals surface area contributed by atoms with E-state index in [-0.39, 0.29) is 22.3 Å². The minimum Gasteiger partial charge on any atom is -0.307 e. The summed E-state index contributed by atoms with van der Waals surface area (Å²) in [5.74, 6) is 2.42. The predicted molar refractivity (Wildman–Crippen MR) is 66.1 cm³/mol. The number of hydrogen-bond acceptors (Lipinski definition) is 3. The molecule has 1 amide bonds. The van der Waals surface area contributed by atoms with Crippen LogP contribution in [0.3, 0.4) is 0 Å². The molecule has 1 saturated heterocycles. The summed E-state index contributed by atoms with van der Waals surface area (Å²) in [5, 5.41) is 0.241. The van der Waals surface area contributed by atoms with Crippen molar-refractivity contribution in [2.45, 2.75) is 13.3 Å². The van der Waals surface area contributed by atoms with E-state index >= 15 is 0 Å². The van der Waals surface area contributed by atoms with Crippen LogP contribution in [0.15, 0.2) is 0 Å². The van der Waals surface area contributed by atoms with Crippen LogP contribution in [0.1, 0.15) is 12.1 Å². The second kappa shape index (κ2) is 4.52. The van der Waals surface area contributed by atoms with Gasteiger partial charge >= 0.3 is 0 Å². The molecular formula is C11H9Cl2N3O. The molecule has 0 spiro atoms. The van der Waals surface area contributed by atoms with Crippen LogP contribution in [0.4, 0.5) is 5.69 Å². The summed E-state index contributed by atoms with van der Waals surface area (Å²) < 4.78 is 0. The molecule has 4 nitrogen and oxygen atoms in total. The summed E-state index contributed by atoms with van der Waals surface area (Å²) in [6.07, 6.45) is 5.65. The molecule has 2 heterocycles. The summed E-state index contributed by atoms with van der Waals surface area (Å²) in [6, 6.07) is 0. The Labute approximate surface area is 109 Å². The average Bonchev–Trinajstić information content (AvgIpc) is 2.59. The van der Waals surface area contributed by atoms with Gasteiger partial charge in [-0.15, -0.1) is 12.3 Å². The van der Waals surface area contributed by atoms with Crippen molar-refractivity contribution in [1.29, 1.82) is 0 Å². The van der Waals surface area contributed by atoms with E-state index < -0.39 is 0 Å². The smallest absolute Gasteiger partial charge is 0.228 e. The van der Waals surface area contributed by atoms with Crippen LogP contribution in [-0.2, 0) is 4.79 Å². The van der Waals surface area contributed by atoms with E-state index in [1.165, 1.54) is 4.90 Å². The molecule has 0 aliphatic carbocycles. The molecule has 2 rings (SSSR count). The Morgan fingerprint density at radius 3 is 2.71 bits per heavy atom. The summed E-state index contributed by atoms with van der Waals surface area (Å²) in [7, 11) is 0. The maximum Gasteiger partial charge on any atom is 0.228 e. The molecule has 1 aliphatic rings. The van der Waals surface area contributed by atoms with Gasteiger partial charge in [0, 0.05) is 18.9 Å². The minimum atomic E-state index is -0.0892. The van der Waals surface area contributed by atoms with Gasteiger partial charge in [-0.3, -0.25) is 4.79 Å². The number of carbonyl (C=O) groups excluding carboxylic acids is 1. The van der Waals surface area contributed by atoms with Crippen LogP contribution in [0.2, 0.25) is 10.4 Å². The Hall–Kier alpha value is -1.31. The van der Waals surface area contributed by atoms with Crippen molar-refractivity contribution in [3.8, 4) is 12.3 Å². The number of nitrogens with zero attached hydrogens (tertiary/aromatic N) is 3. The van der Waals surface area contributed by atoms with E-state index in [9.17, 15) is 4.79 Å². The van der Waals surface area contributed by atoms with Crippen LogP contribution < -0.4 is 4.90 Å². The van der Waals surface area contributed by atoms with Crippen molar-refractivity contribution in [3.63, 3.8) is 0 Å². The molecular weight excluding hydrogens is 261 g/mol. The highest BCUT2D eigenvalue weighted by Crippen LogP contribution is 2.32. The SMILES string of the molecule is C#CC1CC(=O)N(c2c(C)nc(Cl)nc2Cl)C1. The molecule has 6 heteroatoms. The van der Waals surface area contributed by atoms with E-state index in [1.807, 2.05) is 0 Å². The van der Waals surface area contributed by atoms with Gasteiger partial charge in [-0.1, -0.05) is 11.6 Å². The fraction of sp³-hybridized carbons (Fsp3) is 0.364. The fourth-order valence-electron chi connectivity index (χ4n) is 1.84. The lowest BCUT2D eigenvalue weighted by atomic mass is 10.1. The van der Waals surface area contributed by atoms with Crippen molar-refractivity contribution in [2.75, 3.05) is 11.4 Å². The number of aryl methyl sites for hydroxylation is 1. The zero-order valence-electron chi connectivity index (χ0n) is 9.07. The number of hydrogen-bond donors (Lipinski definition) is 0. The molecule has 1 fully saturated rings. The molecule has 1 unspecified atom stereocenters. The monoisotopic (exact) mass is 269 g/mol. The number of halogens is 2. The number of aromatic nitrogens is 2. The van der Waals surface area contributed by atoms with Crippen molar-refractivity contribution in [2.24, 2.45) is 5.92 Å². The standard InChI is InChI=1S/C11H9Cl2N3O/c1-3-7-4-8(17)16(5-7)9-6(2)14-11(13)15-10(9)12/h1,7H,4-5H2,2H3. The molecule has 0 N–H and O–H groups in total. The Balaban J connectivity index is 2.42. The lowest BCUT2D eigenvalue weighted by Crippen LogP contribution is -2.26. The molecule has 1 atom stereocenters. The summed E-state index contributed by atoms with van der Waals surface area (Å²) in [6.45, 7) is 2.17. The van der Waals surface area contributed by atoms with E-state index in [1.54, 1.807) is 6.92 Å². The molecule has 17 heavy (non-hydrogen) atoms. The van der Waals surface area contributed by atoms with Crippen LogP contribution in [0, 0.1) is 25.2 Å². The maximum atomic E-state index is 11.8. The third kappa shape index (κ3) is 2.21. The molecule has 1 aliphatic heterocycles. The minimum absolute atomic E-state index is 0.0659. The third-order valence-electron chi connectivity index (χ3n) is 2.62. The van der Waals surface area contributed by atoms with Gasteiger partial charge in [0.2, 0.25) is 11.2 Å². The number of amides is 1. The van der Waals surface area contributed by atoms with Gasteiger partial charge in [-0.2, -0.15) is 0 Å². The normalized spacial score (nSPS) is 19.5. The topological polar surface area (TPSA) is 46.1 Å².